The molecule has 0 amide bonds. The fraction of sp³-hybridized carbons (Fsp3) is 0.933. The second-order valence-corrected chi connectivity index (χ2v) is 7.34. The van der Waals surface area contributed by atoms with Gasteiger partial charge in [-0.15, -0.1) is 0 Å². The number of carboxylic acid groups (broad SMARTS) is 1. The van der Waals surface area contributed by atoms with Crippen LogP contribution in [0, 0.1) is 5.41 Å². The molecule has 2 heterocycles. The molecule has 4 nitrogen and oxygen atoms in total. The zero-order valence-corrected chi connectivity index (χ0v) is 12.8. The Morgan fingerprint density at radius 1 is 1.37 bits per heavy atom. The summed E-state index contributed by atoms with van der Waals surface area (Å²) >= 11 is 0. The molecule has 2 fully saturated rings. The second-order valence-electron chi connectivity index (χ2n) is 7.34. The molecule has 2 aliphatic heterocycles. The molecule has 110 valence electrons. The van der Waals surface area contributed by atoms with Crippen molar-refractivity contribution in [2.45, 2.75) is 71.1 Å². The van der Waals surface area contributed by atoms with Gasteiger partial charge in [0.1, 0.15) is 0 Å². The monoisotopic (exact) mass is 269 g/mol. The molecule has 0 radical (unpaired) electrons. The van der Waals surface area contributed by atoms with Gasteiger partial charge in [-0.3, -0.25) is 9.69 Å². The lowest BCUT2D eigenvalue weighted by Gasteiger charge is -2.34. The lowest BCUT2D eigenvalue weighted by atomic mass is 9.84. The summed E-state index contributed by atoms with van der Waals surface area (Å²) in [7, 11) is 0. The number of nitrogens with zero attached hydrogens (tertiary/aromatic N) is 1. The molecule has 0 saturated carbocycles. The Bertz CT molecular complexity index is 378. The van der Waals surface area contributed by atoms with Gasteiger partial charge in [-0.1, -0.05) is 6.92 Å². The zero-order chi connectivity index (χ0) is 14.5. The fourth-order valence-corrected chi connectivity index (χ4v) is 3.89. The molecule has 2 saturated heterocycles. The van der Waals surface area contributed by atoms with Gasteiger partial charge in [-0.25, -0.2) is 0 Å². The van der Waals surface area contributed by atoms with Gasteiger partial charge in [0.25, 0.3) is 0 Å². The zero-order valence-electron chi connectivity index (χ0n) is 12.8. The Hall–Kier alpha value is -0.610. The highest BCUT2D eigenvalue weighted by atomic mass is 16.5. The SMILES string of the molecule is CCC1(C(=O)O)CCN(C2CC(C)(C)OC2(C)C)C1. The number of hydrogen-bond acceptors (Lipinski definition) is 3. The van der Waals surface area contributed by atoms with Crippen LogP contribution in [0.3, 0.4) is 0 Å². The van der Waals surface area contributed by atoms with Gasteiger partial charge in [-0.05, 0) is 53.5 Å². The standard InChI is InChI=1S/C15H27NO3/c1-6-15(12(17)18)7-8-16(10-15)11-9-13(2,3)19-14(11,4)5/h11H,6-10H2,1-5H3,(H,17,18). The minimum Gasteiger partial charge on any atom is -0.481 e. The third-order valence-corrected chi connectivity index (χ3v) is 4.98. The van der Waals surface area contributed by atoms with Crippen LogP contribution in [0.15, 0.2) is 0 Å². The van der Waals surface area contributed by atoms with Crippen molar-refractivity contribution in [3.8, 4) is 0 Å². The Balaban J connectivity index is 2.15. The van der Waals surface area contributed by atoms with Crippen molar-refractivity contribution < 1.29 is 14.6 Å². The van der Waals surface area contributed by atoms with Crippen LogP contribution in [0.1, 0.15) is 53.9 Å². The second kappa shape index (κ2) is 4.45. The van der Waals surface area contributed by atoms with Crippen molar-refractivity contribution in [2.75, 3.05) is 13.1 Å². The Morgan fingerprint density at radius 3 is 2.37 bits per heavy atom. The summed E-state index contributed by atoms with van der Waals surface area (Å²) in [5, 5.41) is 9.50. The molecule has 0 aromatic carbocycles. The maximum atomic E-state index is 11.5. The van der Waals surface area contributed by atoms with Crippen LogP contribution in [0.5, 0.6) is 0 Å². The van der Waals surface area contributed by atoms with Gasteiger partial charge in [0.05, 0.1) is 16.6 Å². The van der Waals surface area contributed by atoms with E-state index in [9.17, 15) is 9.90 Å². The van der Waals surface area contributed by atoms with E-state index in [2.05, 4.69) is 32.6 Å². The summed E-state index contributed by atoms with van der Waals surface area (Å²) in [5.41, 5.74) is -0.872. The van der Waals surface area contributed by atoms with Crippen LogP contribution in [0.4, 0.5) is 0 Å². The Labute approximate surface area is 116 Å². The minimum atomic E-state index is -0.645. The molecular weight excluding hydrogens is 242 g/mol. The number of rotatable bonds is 3. The van der Waals surface area contributed by atoms with Crippen molar-refractivity contribution in [1.82, 2.24) is 4.90 Å². The third-order valence-electron chi connectivity index (χ3n) is 4.98. The topological polar surface area (TPSA) is 49.8 Å². The first-order chi connectivity index (χ1) is 8.62. The number of aliphatic carboxylic acids is 1. The van der Waals surface area contributed by atoms with E-state index < -0.39 is 11.4 Å². The molecule has 19 heavy (non-hydrogen) atoms. The molecule has 2 atom stereocenters. The predicted molar refractivity (Wildman–Crippen MR) is 74.2 cm³/mol. The number of carboxylic acids is 1. The van der Waals surface area contributed by atoms with Crippen molar-refractivity contribution in [1.29, 1.82) is 0 Å². The first kappa shape index (κ1) is 14.8. The van der Waals surface area contributed by atoms with Crippen LogP contribution in [-0.2, 0) is 9.53 Å². The normalized spacial score (nSPS) is 37.6. The fourth-order valence-electron chi connectivity index (χ4n) is 3.89. The van der Waals surface area contributed by atoms with Crippen LogP contribution >= 0.6 is 0 Å². The Morgan fingerprint density at radius 2 is 2.00 bits per heavy atom. The third kappa shape index (κ3) is 2.52. The highest BCUT2D eigenvalue weighted by molar-refractivity contribution is 5.75. The van der Waals surface area contributed by atoms with Gasteiger partial charge < -0.3 is 9.84 Å². The molecule has 2 rings (SSSR count). The molecule has 2 unspecified atom stereocenters. The van der Waals surface area contributed by atoms with Crippen molar-refractivity contribution in [3.63, 3.8) is 0 Å². The number of ether oxygens (including phenoxy) is 1. The van der Waals surface area contributed by atoms with Gasteiger partial charge in [0.15, 0.2) is 0 Å². The van der Waals surface area contributed by atoms with Crippen molar-refractivity contribution in [3.05, 3.63) is 0 Å². The van der Waals surface area contributed by atoms with Crippen LogP contribution < -0.4 is 0 Å². The summed E-state index contributed by atoms with van der Waals surface area (Å²) in [6.45, 7) is 12.0. The summed E-state index contributed by atoms with van der Waals surface area (Å²) in [4.78, 5) is 13.9. The summed E-state index contributed by atoms with van der Waals surface area (Å²) < 4.78 is 6.13. The van der Waals surface area contributed by atoms with Crippen molar-refractivity contribution >= 4 is 5.97 Å². The van der Waals surface area contributed by atoms with Crippen LogP contribution in [0.2, 0.25) is 0 Å². The maximum absolute atomic E-state index is 11.5. The van der Waals surface area contributed by atoms with E-state index in [1.807, 2.05) is 6.92 Å². The average molecular weight is 269 g/mol. The molecule has 2 aliphatic rings. The first-order valence-corrected chi connectivity index (χ1v) is 7.29. The van der Waals surface area contributed by atoms with Crippen LogP contribution in [0.25, 0.3) is 0 Å². The van der Waals surface area contributed by atoms with E-state index >= 15 is 0 Å². The van der Waals surface area contributed by atoms with E-state index in [0.717, 1.165) is 19.4 Å². The quantitative estimate of drug-likeness (QED) is 0.855. The largest absolute Gasteiger partial charge is 0.481 e. The number of hydrogen-bond donors (Lipinski definition) is 1. The number of likely N-dealkylation sites (tertiary alicyclic amines) is 1. The van der Waals surface area contributed by atoms with E-state index in [1.54, 1.807) is 0 Å². The summed E-state index contributed by atoms with van der Waals surface area (Å²) in [5.74, 6) is -0.645. The molecule has 1 N–H and O–H groups in total. The average Bonchev–Trinajstić information content (AvgIpc) is 2.77. The highest BCUT2D eigenvalue weighted by Crippen LogP contribution is 2.44. The lowest BCUT2D eigenvalue weighted by Crippen LogP contribution is -2.47. The molecule has 0 aliphatic carbocycles. The van der Waals surface area contributed by atoms with Gasteiger partial charge in [0, 0.05) is 12.6 Å². The molecule has 0 aromatic rings. The maximum Gasteiger partial charge on any atom is 0.310 e. The summed E-state index contributed by atoms with van der Waals surface area (Å²) in [6, 6.07) is 0.315. The van der Waals surface area contributed by atoms with Crippen LogP contribution in [-0.4, -0.2) is 46.3 Å². The first-order valence-electron chi connectivity index (χ1n) is 7.29. The molecular formula is C15H27NO3. The highest BCUT2D eigenvalue weighted by Gasteiger charge is 2.53. The van der Waals surface area contributed by atoms with E-state index in [-0.39, 0.29) is 11.2 Å². The smallest absolute Gasteiger partial charge is 0.310 e. The van der Waals surface area contributed by atoms with Gasteiger partial charge >= 0.3 is 5.97 Å². The van der Waals surface area contributed by atoms with Gasteiger partial charge in [-0.2, -0.15) is 0 Å². The minimum absolute atomic E-state index is 0.116. The molecule has 4 heteroatoms. The van der Waals surface area contributed by atoms with Gasteiger partial charge in [0.2, 0.25) is 0 Å². The van der Waals surface area contributed by atoms with E-state index in [1.165, 1.54) is 0 Å². The molecule has 0 bridgehead atoms. The Kier molecular flexibility index (Phi) is 3.47. The lowest BCUT2D eigenvalue weighted by molar-refractivity contribution is -0.148. The van der Waals surface area contributed by atoms with E-state index in [0.29, 0.717) is 19.0 Å². The summed E-state index contributed by atoms with van der Waals surface area (Å²) in [6.07, 6.45) is 2.43. The predicted octanol–water partition coefficient (Wildman–Crippen LogP) is 2.52. The molecule has 0 aromatic heterocycles. The van der Waals surface area contributed by atoms with Crippen molar-refractivity contribution in [2.24, 2.45) is 5.41 Å². The number of carbonyl (C=O) groups is 1. The van der Waals surface area contributed by atoms with E-state index in [4.69, 9.17) is 4.74 Å². The molecule has 0 spiro atoms.